The number of amides is 1. The maximum atomic E-state index is 12.5. The SMILES string of the molecule is C=CC[C@]1(CO)C(=O)CN(C(=O)OCc2ccccc2)[C@@H]1C(=O)OC. The van der Waals surface area contributed by atoms with E-state index in [-0.39, 0.29) is 19.6 Å². The molecule has 0 aliphatic carbocycles. The van der Waals surface area contributed by atoms with Crippen LogP contribution in [0.2, 0.25) is 0 Å². The van der Waals surface area contributed by atoms with E-state index in [1.807, 2.05) is 6.07 Å². The van der Waals surface area contributed by atoms with Gasteiger partial charge in [0.15, 0.2) is 5.78 Å². The number of rotatable bonds is 6. The Kier molecular flexibility index (Phi) is 5.93. The normalized spacial score (nSPS) is 22.6. The van der Waals surface area contributed by atoms with E-state index in [4.69, 9.17) is 9.47 Å². The second kappa shape index (κ2) is 7.94. The van der Waals surface area contributed by atoms with E-state index in [1.165, 1.54) is 6.08 Å². The third-order valence-corrected chi connectivity index (χ3v) is 4.36. The molecule has 25 heavy (non-hydrogen) atoms. The molecule has 7 heteroatoms. The van der Waals surface area contributed by atoms with Crippen molar-refractivity contribution in [3.63, 3.8) is 0 Å². The number of nitrogens with zero attached hydrogens (tertiary/aromatic N) is 1. The second-order valence-corrected chi connectivity index (χ2v) is 5.82. The monoisotopic (exact) mass is 347 g/mol. The average Bonchev–Trinajstić information content (AvgIpc) is 2.93. The number of ketones is 1. The standard InChI is InChI=1S/C18H21NO6/c1-3-9-18(12-20)14(21)10-19(15(18)16(22)24-2)17(23)25-11-13-7-5-4-6-8-13/h3-8,15,20H,1,9-12H2,2H3/t15-,18+/m1/s1. The Morgan fingerprint density at radius 3 is 2.64 bits per heavy atom. The second-order valence-electron chi connectivity index (χ2n) is 5.82. The van der Waals surface area contributed by atoms with Crippen LogP contribution in [0.4, 0.5) is 4.79 Å². The number of benzene rings is 1. The molecule has 1 aliphatic heterocycles. The number of allylic oxidation sites excluding steroid dienone is 1. The highest BCUT2D eigenvalue weighted by molar-refractivity contribution is 6.00. The maximum Gasteiger partial charge on any atom is 0.411 e. The van der Waals surface area contributed by atoms with Crippen LogP contribution < -0.4 is 0 Å². The van der Waals surface area contributed by atoms with Crippen molar-refractivity contribution >= 4 is 17.8 Å². The van der Waals surface area contributed by atoms with Crippen LogP contribution in [0.1, 0.15) is 12.0 Å². The van der Waals surface area contributed by atoms with Crippen molar-refractivity contribution in [3.05, 3.63) is 48.6 Å². The van der Waals surface area contributed by atoms with Crippen LogP contribution >= 0.6 is 0 Å². The minimum atomic E-state index is -1.46. The molecule has 0 spiro atoms. The maximum absolute atomic E-state index is 12.5. The number of carbonyl (C=O) groups is 3. The first-order valence-corrected chi connectivity index (χ1v) is 7.80. The van der Waals surface area contributed by atoms with Crippen LogP contribution in [-0.2, 0) is 25.7 Å². The van der Waals surface area contributed by atoms with Crippen molar-refractivity contribution < 1.29 is 29.0 Å². The van der Waals surface area contributed by atoms with Crippen LogP contribution in [-0.4, -0.2) is 54.2 Å². The van der Waals surface area contributed by atoms with E-state index < -0.39 is 35.9 Å². The van der Waals surface area contributed by atoms with Crippen LogP contribution in [0.15, 0.2) is 43.0 Å². The molecule has 0 saturated carbocycles. The fourth-order valence-electron chi connectivity index (χ4n) is 3.01. The molecule has 1 aromatic rings. The lowest BCUT2D eigenvalue weighted by molar-refractivity contribution is -0.152. The number of aliphatic hydroxyl groups is 1. The topological polar surface area (TPSA) is 93.1 Å². The smallest absolute Gasteiger partial charge is 0.411 e. The summed E-state index contributed by atoms with van der Waals surface area (Å²) in [5.41, 5.74) is -0.684. The quantitative estimate of drug-likeness (QED) is 0.616. The van der Waals surface area contributed by atoms with Crippen molar-refractivity contribution in [2.75, 3.05) is 20.3 Å². The Morgan fingerprint density at radius 2 is 2.08 bits per heavy atom. The molecule has 0 bridgehead atoms. The molecule has 0 radical (unpaired) electrons. The molecule has 0 aromatic heterocycles. The Hall–Kier alpha value is -2.67. The Balaban J connectivity index is 2.23. The number of likely N-dealkylation sites (tertiary alicyclic amines) is 1. The third kappa shape index (κ3) is 3.56. The van der Waals surface area contributed by atoms with E-state index in [9.17, 15) is 19.5 Å². The van der Waals surface area contributed by atoms with Crippen molar-refractivity contribution in [3.8, 4) is 0 Å². The van der Waals surface area contributed by atoms with E-state index in [1.54, 1.807) is 24.3 Å². The minimum Gasteiger partial charge on any atom is -0.467 e. The number of esters is 1. The van der Waals surface area contributed by atoms with Gasteiger partial charge in [-0.3, -0.25) is 9.69 Å². The number of hydrogen-bond acceptors (Lipinski definition) is 6. The molecule has 1 N–H and O–H groups in total. The predicted octanol–water partition coefficient (Wildman–Crippen LogP) is 1.30. The first-order chi connectivity index (χ1) is 12.0. The summed E-state index contributed by atoms with van der Waals surface area (Å²) in [6, 6.07) is 7.77. The number of Topliss-reactive ketones (excluding diaryl/α,β-unsaturated/α-hetero) is 1. The van der Waals surface area contributed by atoms with Gasteiger partial charge in [-0.25, -0.2) is 9.59 Å². The van der Waals surface area contributed by atoms with Crippen molar-refractivity contribution in [2.45, 2.75) is 19.1 Å². The molecule has 7 nitrogen and oxygen atoms in total. The summed E-state index contributed by atoms with van der Waals surface area (Å²) in [6.45, 7) is 2.64. The number of ether oxygens (including phenoxy) is 2. The highest BCUT2D eigenvalue weighted by Gasteiger charge is 2.59. The Bertz CT molecular complexity index is 659. The summed E-state index contributed by atoms with van der Waals surface area (Å²) in [7, 11) is 1.16. The first kappa shape index (κ1) is 18.7. The Labute approximate surface area is 145 Å². The Morgan fingerprint density at radius 1 is 1.40 bits per heavy atom. The molecule has 1 heterocycles. The van der Waals surface area contributed by atoms with Gasteiger partial charge in [0.05, 0.1) is 25.7 Å². The van der Waals surface area contributed by atoms with Crippen LogP contribution in [0.5, 0.6) is 0 Å². The predicted molar refractivity (Wildman–Crippen MR) is 88.5 cm³/mol. The molecule has 1 fully saturated rings. The highest BCUT2D eigenvalue weighted by atomic mass is 16.6. The summed E-state index contributed by atoms with van der Waals surface area (Å²) < 4.78 is 9.96. The molecule has 1 aliphatic rings. The van der Waals surface area contributed by atoms with Gasteiger partial charge in [0.1, 0.15) is 12.6 Å². The van der Waals surface area contributed by atoms with Crippen LogP contribution in [0.3, 0.4) is 0 Å². The molecule has 2 rings (SSSR count). The minimum absolute atomic E-state index is 0.00579. The van der Waals surface area contributed by atoms with Gasteiger partial charge >= 0.3 is 12.1 Å². The van der Waals surface area contributed by atoms with Gasteiger partial charge in [-0.2, -0.15) is 0 Å². The largest absolute Gasteiger partial charge is 0.467 e. The van der Waals surface area contributed by atoms with E-state index >= 15 is 0 Å². The fraction of sp³-hybridized carbons (Fsp3) is 0.389. The summed E-state index contributed by atoms with van der Waals surface area (Å²) in [5, 5.41) is 9.79. The molecule has 134 valence electrons. The molecular formula is C18H21NO6. The zero-order valence-corrected chi connectivity index (χ0v) is 14.0. The first-order valence-electron chi connectivity index (χ1n) is 7.80. The highest BCUT2D eigenvalue weighted by Crippen LogP contribution is 2.38. The number of aliphatic hydroxyl groups excluding tert-OH is 1. The lowest BCUT2D eigenvalue weighted by atomic mass is 9.77. The van der Waals surface area contributed by atoms with Gasteiger partial charge < -0.3 is 14.6 Å². The van der Waals surface area contributed by atoms with E-state index in [0.29, 0.717) is 0 Å². The number of carbonyl (C=O) groups excluding carboxylic acids is 3. The third-order valence-electron chi connectivity index (χ3n) is 4.36. The van der Waals surface area contributed by atoms with Gasteiger partial charge in [-0.15, -0.1) is 6.58 Å². The van der Waals surface area contributed by atoms with Crippen LogP contribution in [0, 0.1) is 5.41 Å². The van der Waals surface area contributed by atoms with Crippen LogP contribution in [0.25, 0.3) is 0 Å². The van der Waals surface area contributed by atoms with Crippen molar-refractivity contribution in [1.29, 1.82) is 0 Å². The summed E-state index contributed by atoms with van der Waals surface area (Å²) >= 11 is 0. The summed E-state index contributed by atoms with van der Waals surface area (Å²) in [6.07, 6.45) is 0.667. The number of hydrogen-bond donors (Lipinski definition) is 1. The fourth-order valence-corrected chi connectivity index (χ4v) is 3.01. The lowest BCUT2D eigenvalue weighted by Crippen LogP contribution is -2.51. The number of methoxy groups -OCH3 is 1. The zero-order valence-electron chi connectivity index (χ0n) is 14.0. The van der Waals surface area contributed by atoms with E-state index in [0.717, 1.165) is 17.6 Å². The summed E-state index contributed by atoms with van der Waals surface area (Å²) in [4.78, 5) is 38.2. The zero-order chi connectivity index (χ0) is 18.4. The van der Waals surface area contributed by atoms with Crippen molar-refractivity contribution in [2.24, 2.45) is 5.41 Å². The van der Waals surface area contributed by atoms with E-state index in [2.05, 4.69) is 6.58 Å². The molecule has 1 saturated heterocycles. The lowest BCUT2D eigenvalue weighted by Gasteiger charge is -2.31. The molecule has 1 aromatic carbocycles. The average molecular weight is 347 g/mol. The van der Waals surface area contributed by atoms with Gasteiger partial charge in [0.25, 0.3) is 0 Å². The van der Waals surface area contributed by atoms with Crippen molar-refractivity contribution in [1.82, 2.24) is 4.90 Å². The molecular weight excluding hydrogens is 326 g/mol. The van der Waals surface area contributed by atoms with Gasteiger partial charge in [0.2, 0.25) is 0 Å². The van der Waals surface area contributed by atoms with Gasteiger partial charge in [0, 0.05) is 0 Å². The van der Waals surface area contributed by atoms with Gasteiger partial charge in [-0.1, -0.05) is 36.4 Å². The molecule has 1 amide bonds. The summed E-state index contributed by atoms with van der Waals surface area (Å²) in [5.74, 6) is -1.21. The van der Waals surface area contributed by atoms with Gasteiger partial charge in [-0.05, 0) is 12.0 Å². The molecule has 2 atom stereocenters. The molecule has 0 unspecified atom stereocenters.